The summed E-state index contributed by atoms with van der Waals surface area (Å²) < 4.78 is 16.4. The molecule has 1 unspecified atom stereocenters. The zero-order valence-corrected chi connectivity index (χ0v) is 19.3. The zero-order chi connectivity index (χ0) is 23.1. The molecule has 1 atom stereocenters. The van der Waals surface area contributed by atoms with E-state index in [9.17, 15) is 9.50 Å². The largest absolute Gasteiger partial charge is 0.390 e. The lowest BCUT2D eigenvalue weighted by molar-refractivity contribution is -0.00294. The van der Waals surface area contributed by atoms with Crippen molar-refractivity contribution in [3.63, 3.8) is 0 Å². The quantitative estimate of drug-likeness (QED) is 0.390. The summed E-state index contributed by atoms with van der Waals surface area (Å²) in [7, 11) is 0. The Labute approximate surface area is 185 Å². The van der Waals surface area contributed by atoms with E-state index in [1.54, 1.807) is 11.5 Å². The third kappa shape index (κ3) is 6.39. The summed E-state index contributed by atoms with van der Waals surface area (Å²) in [5, 5.41) is 12.8. The van der Waals surface area contributed by atoms with Gasteiger partial charge in [0.1, 0.15) is 6.17 Å². The number of hydrogen-bond acceptors (Lipinski definition) is 4. The van der Waals surface area contributed by atoms with Crippen molar-refractivity contribution >= 4 is 11.5 Å². The summed E-state index contributed by atoms with van der Waals surface area (Å²) in [6.45, 7) is 17.9. The van der Waals surface area contributed by atoms with Gasteiger partial charge in [-0.25, -0.2) is 9.38 Å². The lowest BCUT2D eigenvalue weighted by Crippen LogP contribution is -2.49. The molecule has 31 heavy (non-hydrogen) atoms. The molecule has 6 heteroatoms. The first-order chi connectivity index (χ1) is 14.8. The van der Waals surface area contributed by atoms with Gasteiger partial charge in [0.2, 0.25) is 0 Å². The van der Waals surface area contributed by atoms with Crippen LogP contribution in [-0.2, 0) is 6.54 Å². The maximum absolute atomic E-state index is 14.7. The Kier molecular flexibility index (Phi) is 8.77. The van der Waals surface area contributed by atoms with Crippen LogP contribution in [0.1, 0.15) is 36.1 Å². The highest BCUT2D eigenvalue weighted by Gasteiger charge is 2.25. The number of aliphatic imine (C=N–C) groups is 1. The predicted molar refractivity (Wildman–Crippen MR) is 128 cm³/mol. The Morgan fingerprint density at radius 3 is 2.48 bits per heavy atom. The maximum atomic E-state index is 14.7. The summed E-state index contributed by atoms with van der Waals surface area (Å²) in [5.41, 5.74) is 5.59. The lowest BCUT2D eigenvalue weighted by atomic mass is 10.1. The molecule has 0 bridgehead atoms. The van der Waals surface area contributed by atoms with Gasteiger partial charge in [-0.2, -0.15) is 0 Å². The SMILES string of the molecule is C/C=C(F)\C(=N/C(C)Nc1ccc(C)c(C)c1)n1cc(C)c(CN2CC(O)C2)c1.C=C. The number of anilines is 1. The van der Waals surface area contributed by atoms with Crippen LogP contribution in [-0.4, -0.2) is 45.8 Å². The molecule has 168 valence electrons. The molecule has 3 rings (SSSR count). The standard InChI is InChI=1S/C23H31FN4O.C2H4/c1-6-22(24)23(26-18(5)25-20-8-7-15(2)16(3)9-20)28-10-17(4)19(12-28)11-27-13-21(29)14-27;1-2/h6-10,12,18,21,25,29H,11,13-14H2,1-5H3;1-2H2/b22-6+,26-23+;. The number of aliphatic hydroxyl groups excluding tert-OH is 1. The van der Waals surface area contributed by atoms with Crippen molar-refractivity contribution in [3.8, 4) is 0 Å². The van der Waals surface area contributed by atoms with Crippen molar-refractivity contribution in [1.29, 1.82) is 0 Å². The first kappa shape index (κ1) is 24.6. The normalized spacial score (nSPS) is 16.4. The van der Waals surface area contributed by atoms with Crippen LogP contribution in [0.3, 0.4) is 0 Å². The zero-order valence-electron chi connectivity index (χ0n) is 19.3. The van der Waals surface area contributed by atoms with Crippen molar-refractivity contribution in [2.75, 3.05) is 18.4 Å². The molecule has 1 aliphatic heterocycles. The first-order valence-corrected chi connectivity index (χ1v) is 10.6. The van der Waals surface area contributed by atoms with Crippen LogP contribution in [0, 0.1) is 20.8 Å². The van der Waals surface area contributed by atoms with Crippen LogP contribution in [0.15, 0.2) is 60.6 Å². The molecular weight excluding hydrogens is 391 g/mol. The van der Waals surface area contributed by atoms with E-state index in [1.807, 2.05) is 32.3 Å². The van der Waals surface area contributed by atoms with E-state index >= 15 is 0 Å². The smallest absolute Gasteiger partial charge is 0.170 e. The van der Waals surface area contributed by atoms with E-state index in [-0.39, 0.29) is 23.9 Å². The highest BCUT2D eigenvalue weighted by molar-refractivity contribution is 5.98. The number of allylic oxidation sites excluding steroid dienone is 2. The van der Waals surface area contributed by atoms with Gasteiger partial charge in [-0.3, -0.25) is 4.90 Å². The van der Waals surface area contributed by atoms with E-state index in [1.165, 1.54) is 17.2 Å². The van der Waals surface area contributed by atoms with Crippen LogP contribution in [0.25, 0.3) is 0 Å². The minimum Gasteiger partial charge on any atom is -0.390 e. The molecule has 5 nitrogen and oxygen atoms in total. The molecule has 0 spiro atoms. The number of nitrogens with one attached hydrogen (secondary N) is 1. The molecule has 2 N–H and O–H groups in total. The van der Waals surface area contributed by atoms with Crippen LogP contribution in [0.4, 0.5) is 10.1 Å². The van der Waals surface area contributed by atoms with Crippen LogP contribution >= 0.6 is 0 Å². The second-order valence-electron chi connectivity index (χ2n) is 7.93. The predicted octanol–water partition coefficient (Wildman–Crippen LogP) is 4.97. The van der Waals surface area contributed by atoms with Crippen molar-refractivity contribution in [2.45, 2.75) is 53.4 Å². The van der Waals surface area contributed by atoms with Gasteiger partial charge in [-0.15, -0.1) is 13.2 Å². The third-order valence-corrected chi connectivity index (χ3v) is 5.38. The van der Waals surface area contributed by atoms with E-state index < -0.39 is 0 Å². The molecule has 1 aromatic heterocycles. The fourth-order valence-electron chi connectivity index (χ4n) is 3.47. The average Bonchev–Trinajstić information content (AvgIpc) is 3.09. The number of halogens is 1. The number of aryl methyl sites for hydroxylation is 3. The Morgan fingerprint density at radius 2 is 1.90 bits per heavy atom. The van der Waals surface area contributed by atoms with Crippen LogP contribution in [0.5, 0.6) is 0 Å². The van der Waals surface area contributed by atoms with Crippen molar-refractivity contribution in [1.82, 2.24) is 9.47 Å². The Hall–Kier alpha value is -2.70. The first-order valence-electron chi connectivity index (χ1n) is 10.6. The van der Waals surface area contributed by atoms with E-state index in [0.717, 1.165) is 23.4 Å². The van der Waals surface area contributed by atoms with Gasteiger partial charge in [0.15, 0.2) is 11.7 Å². The summed E-state index contributed by atoms with van der Waals surface area (Å²) in [6.07, 6.45) is 4.75. The molecular formula is C25H35FN4O. The van der Waals surface area contributed by atoms with E-state index in [0.29, 0.717) is 13.1 Å². The van der Waals surface area contributed by atoms with Gasteiger partial charge in [-0.05, 0) is 75.1 Å². The minimum absolute atomic E-state index is 0.229. The molecule has 2 aromatic rings. The third-order valence-electron chi connectivity index (χ3n) is 5.38. The van der Waals surface area contributed by atoms with Gasteiger partial charge in [0.05, 0.1) is 6.10 Å². The van der Waals surface area contributed by atoms with Crippen molar-refractivity contribution in [3.05, 3.63) is 77.9 Å². The fourth-order valence-corrected chi connectivity index (χ4v) is 3.47. The topological polar surface area (TPSA) is 52.8 Å². The molecule has 0 aliphatic carbocycles. The van der Waals surface area contributed by atoms with E-state index in [2.05, 4.69) is 54.3 Å². The molecule has 1 aliphatic rings. The van der Waals surface area contributed by atoms with Gasteiger partial charge in [-0.1, -0.05) is 6.07 Å². The van der Waals surface area contributed by atoms with Gasteiger partial charge in [0.25, 0.3) is 0 Å². The second-order valence-corrected chi connectivity index (χ2v) is 7.93. The summed E-state index contributed by atoms with van der Waals surface area (Å²) in [5.74, 6) is -0.0750. The number of hydrogen-bond donors (Lipinski definition) is 2. The highest BCUT2D eigenvalue weighted by atomic mass is 19.1. The molecule has 1 saturated heterocycles. The highest BCUT2D eigenvalue weighted by Crippen LogP contribution is 2.20. The molecule has 0 radical (unpaired) electrons. The molecule has 1 aromatic carbocycles. The summed E-state index contributed by atoms with van der Waals surface area (Å²) in [4.78, 5) is 6.79. The maximum Gasteiger partial charge on any atom is 0.170 e. The molecule has 0 saturated carbocycles. The van der Waals surface area contributed by atoms with Gasteiger partial charge in [0, 0.05) is 37.7 Å². The average molecular weight is 427 g/mol. The monoisotopic (exact) mass is 426 g/mol. The second kappa shape index (κ2) is 11.1. The van der Waals surface area contributed by atoms with Crippen LogP contribution < -0.4 is 5.32 Å². The number of β-amino-alcohol motifs (C(OH)–C–C–N with tert-alkyl or cyclic N) is 1. The fraction of sp³-hybridized carbons (Fsp3) is 0.400. The molecule has 0 amide bonds. The number of aromatic nitrogens is 1. The number of likely N-dealkylation sites (tertiary alicyclic amines) is 1. The number of rotatable bonds is 6. The molecule has 1 fully saturated rings. The number of aliphatic hydroxyl groups is 1. The van der Waals surface area contributed by atoms with E-state index in [4.69, 9.17) is 0 Å². The molecule has 2 heterocycles. The van der Waals surface area contributed by atoms with Crippen LogP contribution in [0.2, 0.25) is 0 Å². The van der Waals surface area contributed by atoms with Gasteiger partial charge < -0.3 is 15.0 Å². The Morgan fingerprint density at radius 1 is 1.23 bits per heavy atom. The number of nitrogens with zero attached hydrogens (tertiary/aromatic N) is 3. The van der Waals surface area contributed by atoms with Crippen molar-refractivity contribution in [2.24, 2.45) is 4.99 Å². The minimum atomic E-state index is -0.361. The number of benzene rings is 1. The summed E-state index contributed by atoms with van der Waals surface area (Å²) >= 11 is 0. The Bertz CT molecular complexity index is 941. The van der Waals surface area contributed by atoms with Crippen molar-refractivity contribution < 1.29 is 9.50 Å². The summed E-state index contributed by atoms with van der Waals surface area (Å²) in [6, 6.07) is 6.15. The lowest BCUT2D eigenvalue weighted by Gasteiger charge is -2.35. The Balaban J connectivity index is 0.00000166. The van der Waals surface area contributed by atoms with Gasteiger partial charge >= 0.3 is 0 Å².